The lowest BCUT2D eigenvalue weighted by molar-refractivity contribution is 0.276. The molecular formula is C15H22FNO. The number of benzene rings is 1. The van der Waals surface area contributed by atoms with Crippen molar-refractivity contribution in [2.24, 2.45) is 11.8 Å². The van der Waals surface area contributed by atoms with E-state index in [-0.39, 0.29) is 5.82 Å². The van der Waals surface area contributed by atoms with E-state index in [1.165, 1.54) is 18.9 Å². The van der Waals surface area contributed by atoms with Crippen LogP contribution in [0, 0.1) is 17.7 Å². The van der Waals surface area contributed by atoms with E-state index in [0.717, 1.165) is 12.3 Å². The van der Waals surface area contributed by atoms with Gasteiger partial charge in [-0.05, 0) is 43.2 Å². The molecule has 1 fully saturated rings. The first kappa shape index (κ1) is 13.2. The third kappa shape index (κ3) is 2.95. The Bertz CT molecular complexity index is 407. The van der Waals surface area contributed by atoms with Crippen LogP contribution in [0.15, 0.2) is 18.2 Å². The minimum absolute atomic E-state index is 0.207. The zero-order valence-corrected chi connectivity index (χ0v) is 11.4. The molecule has 0 amide bonds. The van der Waals surface area contributed by atoms with Gasteiger partial charge in [0.25, 0.3) is 0 Å². The molecule has 1 aliphatic carbocycles. The molecule has 0 saturated heterocycles. The molecule has 0 spiro atoms. The predicted octanol–water partition coefficient (Wildman–Crippen LogP) is 4.07. The lowest BCUT2D eigenvalue weighted by Gasteiger charge is -2.34. The van der Waals surface area contributed by atoms with Crippen molar-refractivity contribution in [2.45, 2.75) is 39.2 Å². The van der Waals surface area contributed by atoms with Crippen molar-refractivity contribution < 1.29 is 9.13 Å². The van der Waals surface area contributed by atoms with Crippen LogP contribution in [0.1, 0.15) is 33.1 Å². The maximum Gasteiger partial charge on any atom is 0.146 e. The van der Waals surface area contributed by atoms with Gasteiger partial charge in [-0.2, -0.15) is 0 Å². The van der Waals surface area contributed by atoms with Gasteiger partial charge in [-0.1, -0.05) is 13.8 Å². The van der Waals surface area contributed by atoms with Crippen molar-refractivity contribution in [1.82, 2.24) is 0 Å². The van der Waals surface area contributed by atoms with Gasteiger partial charge in [0.2, 0.25) is 0 Å². The first-order valence-corrected chi connectivity index (χ1v) is 6.70. The Labute approximate surface area is 109 Å². The first-order chi connectivity index (χ1) is 8.60. The average Bonchev–Trinajstić information content (AvgIpc) is 2.35. The van der Waals surface area contributed by atoms with Gasteiger partial charge in [0.05, 0.1) is 12.8 Å². The molecule has 1 aromatic carbocycles. The van der Waals surface area contributed by atoms with E-state index in [4.69, 9.17) is 4.74 Å². The summed E-state index contributed by atoms with van der Waals surface area (Å²) in [6.45, 7) is 4.53. The van der Waals surface area contributed by atoms with Crippen molar-refractivity contribution in [3.63, 3.8) is 0 Å². The normalized spacial score (nSPS) is 27.9. The molecule has 0 radical (unpaired) electrons. The molecule has 1 N–H and O–H groups in total. The minimum atomic E-state index is -0.207. The third-order valence-corrected chi connectivity index (χ3v) is 3.95. The van der Waals surface area contributed by atoms with Crippen molar-refractivity contribution in [1.29, 1.82) is 0 Å². The fourth-order valence-corrected chi connectivity index (χ4v) is 2.82. The Balaban J connectivity index is 2.08. The van der Waals surface area contributed by atoms with Crippen molar-refractivity contribution >= 4 is 5.69 Å². The summed E-state index contributed by atoms with van der Waals surface area (Å²) in [5.74, 6) is 1.85. The van der Waals surface area contributed by atoms with Gasteiger partial charge in [0, 0.05) is 12.1 Å². The van der Waals surface area contributed by atoms with Crippen molar-refractivity contribution in [2.75, 3.05) is 12.4 Å². The average molecular weight is 251 g/mol. The number of hydrogen-bond donors (Lipinski definition) is 1. The second kappa shape index (κ2) is 5.59. The highest BCUT2D eigenvalue weighted by atomic mass is 19.1. The number of nitrogens with one attached hydrogen (secondary N) is 1. The molecule has 2 rings (SSSR count). The van der Waals surface area contributed by atoms with Gasteiger partial charge in [0.1, 0.15) is 11.6 Å². The van der Waals surface area contributed by atoms with Crippen molar-refractivity contribution in [3.05, 3.63) is 24.0 Å². The number of ether oxygens (including phenoxy) is 1. The van der Waals surface area contributed by atoms with Gasteiger partial charge in [-0.15, -0.1) is 0 Å². The summed E-state index contributed by atoms with van der Waals surface area (Å²) in [4.78, 5) is 0. The zero-order valence-electron chi connectivity index (χ0n) is 11.4. The van der Waals surface area contributed by atoms with Crippen LogP contribution in [0.2, 0.25) is 0 Å². The maximum atomic E-state index is 13.7. The molecule has 100 valence electrons. The lowest BCUT2D eigenvalue weighted by Crippen LogP contribution is -2.33. The molecule has 0 bridgehead atoms. The maximum absolute atomic E-state index is 13.7. The predicted molar refractivity (Wildman–Crippen MR) is 72.5 cm³/mol. The Kier molecular flexibility index (Phi) is 4.10. The summed E-state index contributed by atoms with van der Waals surface area (Å²) < 4.78 is 18.9. The fourth-order valence-electron chi connectivity index (χ4n) is 2.82. The second-order valence-corrected chi connectivity index (χ2v) is 5.49. The van der Waals surface area contributed by atoms with E-state index in [9.17, 15) is 4.39 Å². The Morgan fingerprint density at radius 2 is 2.06 bits per heavy atom. The largest absolute Gasteiger partial charge is 0.497 e. The van der Waals surface area contributed by atoms with Crippen LogP contribution in [0.5, 0.6) is 5.75 Å². The minimum Gasteiger partial charge on any atom is -0.497 e. The van der Waals surface area contributed by atoms with E-state index >= 15 is 0 Å². The number of hydrogen-bond acceptors (Lipinski definition) is 2. The quantitative estimate of drug-likeness (QED) is 0.874. The number of methoxy groups -OCH3 is 1. The molecule has 0 aromatic heterocycles. The monoisotopic (exact) mass is 251 g/mol. The summed E-state index contributed by atoms with van der Waals surface area (Å²) in [7, 11) is 1.60. The van der Waals surface area contributed by atoms with E-state index in [1.807, 2.05) is 0 Å². The summed E-state index contributed by atoms with van der Waals surface area (Å²) in [5, 5.41) is 3.34. The molecule has 3 heteroatoms. The van der Waals surface area contributed by atoms with Crippen molar-refractivity contribution in [3.8, 4) is 5.75 Å². The second-order valence-electron chi connectivity index (χ2n) is 5.49. The fraction of sp³-hybridized carbons (Fsp3) is 0.600. The van der Waals surface area contributed by atoms with Gasteiger partial charge in [-0.25, -0.2) is 4.39 Å². The molecule has 1 saturated carbocycles. The van der Waals surface area contributed by atoms with Crippen LogP contribution in [0.4, 0.5) is 10.1 Å². The molecular weight excluding hydrogens is 229 g/mol. The molecule has 3 unspecified atom stereocenters. The number of anilines is 1. The van der Waals surface area contributed by atoms with Gasteiger partial charge in [0.15, 0.2) is 0 Å². The summed E-state index contributed by atoms with van der Waals surface area (Å²) in [6, 6.07) is 5.20. The lowest BCUT2D eigenvalue weighted by atomic mass is 9.80. The van der Waals surface area contributed by atoms with Crippen LogP contribution in [-0.4, -0.2) is 13.2 Å². The molecule has 18 heavy (non-hydrogen) atoms. The summed E-state index contributed by atoms with van der Waals surface area (Å²) >= 11 is 0. The highest BCUT2D eigenvalue weighted by Gasteiger charge is 2.25. The Morgan fingerprint density at radius 1 is 1.28 bits per heavy atom. The standard InChI is InChI=1S/C15H22FNO/c1-10-4-7-14(11(2)8-10)17-15-9-12(18-3)5-6-13(15)16/h5-6,9-11,14,17H,4,7-8H2,1-3H3. The van der Waals surface area contributed by atoms with Gasteiger partial charge in [-0.3, -0.25) is 0 Å². The van der Waals surface area contributed by atoms with E-state index in [1.54, 1.807) is 19.2 Å². The van der Waals surface area contributed by atoms with E-state index in [0.29, 0.717) is 23.4 Å². The number of rotatable bonds is 3. The molecule has 1 aliphatic rings. The highest BCUT2D eigenvalue weighted by molar-refractivity contribution is 5.50. The van der Waals surface area contributed by atoms with Crippen LogP contribution in [0.25, 0.3) is 0 Å². The van der Waals surface area contributed by atoms with Gasteiger partial charge >= 0.3 is 0 Å². The van der Waals surface area contributed by atoms with Crippen LogP contribution in [-0.2, 0) is 0 Å². The topological polar surface area (TPSA) is 21.3 Å². The molecule has 0 heterocycles. The number of halogens is 1. The Hall–Kier alpha value is -1.25. The molecule has 3 atom stereocenters. The van der Waals surface area contributed by atoms with E-state index in [2.05, 4.69) is 19.2 Å². The molecule has 0 aliphatic heterocycles. The zero-order chi connectivity index (χ0) is 13.1. The summed E-state index contributed by atoms with van der Waals surface area (Å²) in [6.07, 6.45) is 3.54. The van der Waals surface area contributed by atoms with E-state index < -0.39 is 0 Å². The first-order valence-electron chi connectivity index (χ1n) is 6.70. The smallest absolute Gasteiger partial charge is 0.146 e. The van der Waals surface area contributed by atoms with Crippen LogP contribution >= 0.6 is 0 Å². The third-order valence-electron chi connectivity index (χ3n) is 3.95. The Morgan fingerprint density at radius 3 is 2.72 bits per heavy atom. The van der Waals surface area contributed by atoms with Crippen LogP contribution < -0.4 is 10.1 Å². The molecule has 2 nitrogen and oxygen atoms in total. The SMILES string of the molecule is COc1ccc(F)c(NC2CCC(C)CC2C)c1. The van der Waals surface area contributed by atoms with Crippen LogP contribution in [0.3, 0.4) is 0 Å². The van der Waals surface area contributed by atoms with Gasteiger partial charge < -0.3 is 10.1 Å². The molecule has 1 aromatic rings. The summed E-state index contributed by atoms with van der Waals surface area (Å²) in [5.41, 5.74) is 0.556. The highest BCUT2D eigenvalue weighted by Crippen LogP contribution is 2.32.